The molecule has 1 aromatic rings. The summed E-state index contributed by atoms with van der Waals surface area (Å²) in [6, 6.07) is 6.01. The van der Waals surface area contributed by atoms with Crippen molar-refractivity contribution in [1.82, 2.24) is 0 Å². The maximum atomic E-state index is 13.2. The molecule has 0 aromatic heterocycles. The van der Waals surface area contributed by atoms with Gasteiger partial charge in [0, 0.05) is 5.56 Å². The third-order valence-corrected chi connectivity index (χ3v) is 2.65. The molecule has 1 aromatic carbocycles. The summed E-state index contributed by atoms with van der Waals surface area (Å²) >= 11 is 0. The highest BCUT2D eigenvalue weighted by Gasteiger charge is 2.35. The van der Waals surface area contributed by atoms with E-state index in [1.165, 1.54) is 12.1 Å². The van der Waals surface area contributed by atoms with Gasteiger partial charge in [-0.3, -0.25) is 0 Å². The van der Waals surface area contributed by atoms with Crippen molar-refractivity contribution >= 4 is 0 Å². The van der Waals surface area contributed by atoms with Crippen LogP contribution in [0.3, 0.4) is 0 Å². The molecule has 14 heavy (non-hydrogen) atoms. The number of hydrogen-bond donors (Lipinski definition) is 2. The molecule has 2 atom stereocenters. The van der Waals surface area contributed by atoms with E-state index in [4.69, 9.17) is 0 Å². The zero-order chi connectivity index (χ0) is 10.1. The minimum Gasteiger partial charge on any atom is -0.390 e. The Morgan fingerprint density at radius 1 is 1.21 bits per heavy atom. The maximum absolute atomic E-state index is 13.2. The van der Waals surface area contributed by atoms with Crippen LogP contribution in [0.4, 0.5) is 4.39 Å². The van der Waals surface area contributed by atoms with Gasteiger partial charge in [0.05, 0.1) is 6.10 Å². The summed E-state index contributed by atoms with van der Waals surface area (Å²) in [6.07, 6.45) is -0.0742. The van der Waals surface area contributed by atoms with Crippen molar-refractivity contribution in [3.8, 4) is 0 Å². The van der Waals surface area contributed by atoms with E-state index in [-0.39, 0.29) is 11.5 Å². The van der Waals surface area contributed by atoms with Crippen LogP contribution in [0.1, 0.15) is 24.5 Å². The largest absolute Gasteiger partial charge is 0.390 e. The predicted octanol–water partition coefficient (Wildman–Crippen LogP) is 1.63. The third kappa shape index (κ3) is 1.79. The lowest BCUT2D eigenvalue weighted by atomic mass is 10.0. The fourth-order valence-electron chi connectivity index (χ4n) is 1.59. The van der Waals surface area contributed by atoms with Crippen molar-refractivity contribution in [1.29, 1.82) is 0 Å². The van der Waals surface area contributed by atoms with E-state index >= 15 is 0 Å². The van der Waals surface area contributed by atoms with Gasteiger partial charge in [-0.05, 0) is 24.8 Å². The van der Waals surface area contributed by atoms with Crippen LogP contribution in [0.5, 0.6) is 0 Å². The highest BCUT2D eigenvalue weighted by atomic mass is 19.1. The molecule has 1 aliphatic carbocycles. The third-order valence-electron chi connectivity index (χ3n) is 2.65. The summed E-state index contributed by atoms with van der Waals surface area (Å²) in [5.74, 6) is -0.315. The van der Waals surface area contributed by atoms with E-state index in [0.29, 0.717) is 0 Å². The lowest BCUT2D eigenvalue weighted by Gasteiger charge is -2.17. The van der Waals surface area contributed by atoms with E-state index in [0.717, 1.165) is 12.8 Å². The van der Waals surface area contributed by atoms with Gasteiger partial charge < -0.3 is 10.2 Å². The topological polar surface area (TPSA) is 40.5 Å². The summed E-state index contributed by atoms with van der Waals surface area (Å²) in [5.41, 5.74) is 0.187. The highest BCUT2D eigenvalue weighted by molar-refractivity contribution is 5.21. The van der Waals surface area contributed by atoms with Gasteiger partial charge in [-0.15, -0.1) is 0 Å². The molecule has 2 nitrogen and oxygen atoms in total. The molecule has 1 saturated carbocycles. The monoisotopic (exact) mass is 196 g/mol. The molecule has 0 amide bonds. The predicted molar refractivity (Wildman–Crippen MR) is 50.1 cm³/mol. The molecule has 0 saturated heterocycles. The Hall–Kier alpha value is -0.930. The van der Waals surface area contributed by atoms with Crippen molar-refractivity contribution in [3.63, 3.8) is 0 Å². The lowest BCUT2D eigenvalue weighted by molar-refractivity contribution is 0.00291. The fraction of sp³-hybridized carbons (Fsp3) is 0.455. The Kier molecular flexibility index (Phi) is 2.52. The van der Waals surface area contributed by atoms with Crippen molar-refractivity contribution in [2.24, 2.45) is 5.92 Å². The second-order valence-electron chi connectivity index (χ2n) is 3.79. The molecule has 0 bridgehead atoms. The van der Waals surface area contributed by atoms with Crippen LogP contribution in [-0.4, -0.2) is 16.3 Å². The zero-order valence-electron chi connectivity index (χ0n) is 7.73. The summed E-state index contributed by atoms with van der Waals surface area (Å²) < 4.78 is 13.2. The standard InChI is InChI=1S/C11H13FO2/c12-9-4-2-1-3-8(9)11(14)10(13)7-5-6-7/h1-4,7,10-11,13-14H,5-6H2. The summed E-state index contributed by atoms with van der Waals surface area (Å²) in [4.78, 5) is 0. The average molecular weight is 196 g/mol. The number of benzene rings is 1. The van der Waals surface area contributed by atoms with Gasteiger partial charge in [0.15, 0.2) is 0 Å². The van der Waals surface area contributed by atoms with Crippen molar-refractivity contribution in [2.75, 3.05) is 0 Å². The molecule has 0 aliphatic heterocycles. The van der Waals surface area contributed by atoms with Crippen LogP contribution < -0.4 is 0 Å². The molecule has 2 N–H and O–H groups in total. The molecule has 1 aliphatic rings. The van der Waals surface area contributed by atoms with Gasteiger partial charge in [0.25, 0.3) is 0 Å². The van der Waals surface area contributed by atoms with Crippen LogP contribution in [0, 0.1) is 11.7 Å². The van der Waals surface area contributed by atoms with Crippen LogP contribution in [0.25, 0.3) is 0 Å². The van der Waals surface area contributed by atoms with Crippen LogP contribution in [0.2, 0.25) is 0 Å². The van der Waals surface area contributed by atoms with Crippen molar-refractivity contribution < 1.29 is 14.6 Å². The summed E-state index contributed by atoms with van der Waals surface area (Å²) in [7, 11) is 0. The first kappa shape index (κ1) is 9.62. The van der Waals surface area contributed by atoms with Crippen LogP contribution in [-0.2, 0) is 0 Å². The molecule has 1 fully saturated rings. The first-order chi connectivity index (χ1) is 6.70. The molecular formula is C11H13FO2. The van der Waals surface area contributed by atoms with Crippen molar-refractivity contribution in [3.05, 3.63) is 35.6 Å². The maximum Gasteiger partial charge on any atom is 0.129 e. The fourth-order valence-corrected chi connectivity index (χ4v) is 1.59. The summed E-state index contributed by atoms with van der Waals surface area (Å²) in [6.45, 7) is 0. The Labute approximate surface area is 82.0 Å². The smallest absolute Gasteiger partial charge is 0.129 e. The van der Waals surface area contributed by atoms with Crippen LogP contribution in [0.15, 0.2) is 24.3 Å². The molecular weight excluding hydrogens is 183 g/mol. The van der Waals surface area contributed by atoms with Gasteiger partial charge in [0.2, 0.25) is 0 Å². The normalized spacial score (nSPS) is 20.5. The molecule has 0 spiro atoms. The minimum atomic E-state index is -1.09. The molecule has 3 heteroatoms. The van der Waals surface area contributed by atoms with E-state index in [1.807, 2.05) is 0 Å². The minimum absolute atomic E-state index is 0.143. The van der Waals surface area contributed by atoms with E-state index in [1.54, 1.807) is 12.1 Å². The van der Waals surface area contributed by atoms with E-state index in [2.05, 4.69) is 0 Å². The molecule has 2 unspecified atom stereocenters. The number of hydrogen-bond acceptors (Lipinski definition) is 2. The highest BCUT2D eigenvalue weighted by Crippen LogP contribution is 2.38. The lowest BCUT2D eigenvalue weighted by Crippen LogP contribution is -2.21. The van der Waals surface area contributed by atoms with Crippen LogP contribution >= 0.6 is 0 Å². The van der Waals surface area contributed by atoms with Crippen molar-refractivity contribution in [2.45, 2.75) is 25.0 Å². The number of aliphatic hydroxyl groups excluding tert-OH is 2. The zero-order valence-corrected chi connectivity index (χ0v) is 7.73. The SMILES string of the molecule is OC(c1ccccc1F)C(O)C1CC1. The van der Waals surface area contributed by atoms with E-state index in [9.17, 15) is 14.6 Å². The number of aliphatic hydroxyl groups is 2. The first-order valence-corrected chi connectivity index (χ1v) is 4.80. The number of rotatable bonds is 3. The molecule has 0 heterocycles. The van der Waals surface area contributed by atoms with Gasteiger partial charge in [-0.25, -0.2) is 4.39 Å². The molecule has 76 valence electrons. The Morgan fingerprint density at radius 2 is 1.86 bits per heavy atom. The Morgan fingerprint density at radius 3 is 2.43 bits per heavy atom. The average Bonchev–Trinajstić information content (AvgIpc) is 3.00. The van der Waals surface area contributed by atoms with E-state index < -0.39 is 18.0 Å². The second kappa shape index (κ2) is 3.67. The van der Waals surface area contributed by atoms with Gasteiger partial charge in [0.1, 0.15) is 11.9 Å². The van der Waals surface area contributed by atoms with Gasteiger partial charge in [-0.1, -0.05) is 18.2 Å². The summed E-state index contributed by atoms with van der Waals surface area (Å²) in [5, 5.41) is 19.3. The van der Waals surface area contributed by atoms with Gasteiger partial charge >= 0.3 is 0 Å². The van der Waals surface area contributed by atoms with Gasteiger partial charge in [-0.2, -0.15) is 0 Å². The molecule has 2 rings (SSSR count). The molecule has 0 radical (unpaired) electrons. The quantitative estimate of drug-likeness (QED) is 0.771. The first-order valence-electron chi connectivity index (χ1n) is 4.80. The Balaban J connectivity index is 2.17. The second-order valence-corrected chi connectivity index (χ2v) is 3.79. The Bertz CT molecular complexity index is 323. The number of halogens is 1.